The summed E-state index contributed by atoms with van der Waals surface area (Å²) in [6.07, 6.45) is 2.17. The highest BCUT2D eigenvalue weighted by Gasteiger charge is 2.70. The fourth-order valence-electron chi connectivity index (χ4n) is 6.04. The van der Waals surface area contributed by atoms with Gasteiger partial charge in [-0.15, -0.1) is 0 Å². The molecule has 3 aliphatic rings. The van der Waals surface area contributed by atoms with Crippen LogP contribution < -0.4 is 21.7 Å². The van der Waals surface area contributed by atoms with Crippen LogP contribution in [0.1, 0.15) is 67.7 Å². The van der Waals surface area contributed by atoms with E-state index >= 15 is 0 Å². The Hall–Kier alpha value is -3.18. The topological polar surface area (TPSA) is 171 Å². The molecule has 5 N–H and O–H groups in total. The summed E-state index contributed by atoms with van der Waals surface area (Å²) in [4.78, 5) is 80.3. The van der Waals surface area contributed by atoms with Gasteiger partial charge in [-0.05, 0) is 48.9 Å². The zero-order valence-electron chi connectivity index (χ0n) is 25.2. The van der Waals surface area contributed by atoms with E-state index in [1.807, 2.05) is 13.8 Å². The lowest BCUT2D eigenvalue weighted by Crippen LogP contribution is -2.63. The lowest BCUT2D eigenvalue weighted by atomic mass is 9.85. The number of amides is 6. The molecule has 1 aliphatic heterocycles. The number of hydrogen-bond acceptors (Lipinski definition) is 6. The van der Waals surface area contributed by atoms with E-state index < -0.39 is 58.6 Å². The smallest absolute Gasteiger partial charge is 0.316 e. The third-order valence-corrected chi connectivity index (χ3v) is 8.66. The second-order valence-electron chi connectivity index (χ2n) is 14.1. The van der Waals surface area contributed by atoms with E-state index in [0.29, 0.717) is 13.0 Å². The van der Waals surface area contributed by atoms with Crippen molar-refractivity contribution in [2.75, 3.05) is 20.6 Å². The highest BCUT2D eigenvalue weighted by molar-refractivity contribution is 6.37. The van der Waals surface area contributed by atoms with E-state index in [-0.39, 0.29) is 29.1 Å². The minimum atomic E-state index is -1.22. The highest BCUT2D eigenvalue weighted by atomic mass is 16.2. The van der Waals surface area contributed by atoms with Gasteiger partial charge in [-0.25, -0.2) is 4.79 Å². The Labute approximate surface area is 236 Å². The number of hydrogen-bond donors (Lipinski definition) is 4. The Morgan fingerprint density at radius 1 is 1.00 bits per heavy atom. The van der Waals surface area contributed by atoms with Crippen LogP contribution in [-0.2, 0) is 24.0 Å². The maximum Gasteiger partial charge on any atom is 0.316 e. The van der Waals surface area contributed by atoms with Gasteiger partial charge >= 0.3 is 6.03 Å². The highest BCUT2D eigenvalue weighted by Crippen LogP contribution is 2.65. The van der Waals surface area contributed by atoms with Gasteiger partial charge in [0.25, 0.3) is 5.91 Å². The van der Waals surface area contributed by atoms with Crippen LogP contribution in [0.15, 0.2) is 0 Å². The van der Waals surface area contributed by atoms with E-state index in [1.165, 1.54) is 9.80 Å². The molecule has 3 rings (SSSR count). The maximum absolute atomic E-state index is 14.0. The molecule has 0 spiro atoms. The summed E-state index contributed by atoms with van der Waals surface area (Å²) >= 11 is 0. The van der Waals surface area contributed by atoms with Crippen molar-refractivity contribution in [2.45, 2.75) is 91.4 Å². The van der Waals surface area contributed by atoms with Crippen LogP contribution in [0.25, 0.3) is 0 Å². The van der Waals surface area contributed by atoms with Crippen LogP contribution in [-0.4, -0.2) is 89.5 Å². The number of ketones is 1. The Morgan fingerprint density at radius 3 is 2.05 bits per heavy atom. The minimum Gasteiger partial charge on any atom is -0.363 e. The first-order valence-corrected chi connectivity index (χ1v) is 13.9. The van der Waals surface area contributed by atoms with Crippen molar-refractivity contribution in [1.82, 2.24) is 25.8 Å². The van der Waals surface area contributed by atoms with Gasteiger partial charge in [-0.3, -0.25) is 24.0 Å². The van der Waals surface area contributed by atoms with Crippen molar-refractivity contribution in [3.8, 4) is 0 Å². The first-order chi connectivity index (χ1) is 18.2. The van der Waals surface area contributed by atoms with Gasteiger partial charge in [0.2, 0.25) is 23.5 Å². The molecule has 5 atom stereocenters. The number of carbonyl (C=O) groups is 6. The first kappa shape index (κ1) is 31.3. The molecule has 0 aromatic heterocycles. The summed E-state index contributed by atoms with van der Waals surface area (Å²) in [5, 5.41) is 8.13. The quantitative estimate of drug-likeness (QED) is 0.281. The summed E-state index contributed by atoms with van der Waals surface area (Å²) in [5.41, 5.74) is 3.12. The number of Topliss-reactive ketones (excluding diaryl/α,β-unsaturated/α-hetero) is 1. The fraction of sp³-hybridized carbons (Fsp3) is 0.786. The lowest BCUT2D eigenvalue weighted by molar-refractivity contribution is -0.145. The molecule has 1 saturated heterocycles. The molecule has 2 saturated carbocycles. The van der Waals surface area contributed by atoms with Crippen LogP contribution in [0.5, 0.6) is 0 Å². The number of nitrogens with one attached hydrogen (secondary N) is 3. The molecular formula is C28H46N6O6. The third kappa shape index (κ3) is 6.41. The maximum atomic E-state index is 14.0. The van der Waals surface area contributed by atoms with Crippen molar-refractivity contribution >= 4 is 35.4 Å². The number of likely N-dealkylation sites (tertiary alicyclic amines) is 1. The number of piperidine rings is 1. The molecule has 40 heavy (non-hydrogen) atoms. The molecule has 6 amide bonds. The van der Waals surface area contributed by atoms with Gasteiger partial charge in [-0.2, -0.15) is 0 Å². The molecule has 1 heterocycles. The zero-order chi connectivity index (χ0) is 30.5. The summed E-state index contributed by atoms with van der Waals surface area (Å²) in [7, 11) is 3.17. The Morgan fingerprint density at radius 2 is 1.57 bits per heavy atom. The predicted octanol–water partition coefficient (Wildman–Crippen LogP) is 0.389. The number of rotatable bonds is 10. The summed E-state index contributed by atoms with van der Waals surface area (Å²) in [6.45, 7) is 13.0. The van der Waals surface area contributed by atoms with Crippen molar-refractivity contribution < 1.29 is 28.8 Å². The van der Waals surface area contributed by atoms with Crippen molar-refractivity contribution in [1.29, 1.82) is 0 Å². The second-order valence-corrected chi connectivity index (χ2v) is 14.1. The number of carbonyl (C=O) groups excluding carboxylic acids is 6. The van der Waals surface area contributed by atoms with Crippen LogP contribution in [0, 0.1) is 28.6 Å². The monoisotopic (exact) mass is 562 g/mol. The van der Waals surface area contributed by atoms with E-state index in [9.17, 15) is 28.8 Å². The molecule has 12 nitrogen and oxygen atoms in total. The van der Waals surface area contributed by atoms with Crippen molar-refractivity contribution in [3.63, 3.8) is 0 Å². The molecule has 2 aliphatic carbocycles. The average molecular weight is 563 g/mol. The van der Waals surface area contributed by atoms with Crippen LogP contribution in [0.4, 0.5) is 4.79 Å². The number of likely N-dealkylation sites (N-methyl/N-ethyl adjacent to an activating group) is 1. The second kappa shape index (κ2) is 10.7. The zero-order valence-corrected chi connectivity index (χ0v) is 25.2. The fourth-order valence-corrected chi connectivity index (χ4v) is 6.04. The van der Waals surface area contributed by atoms with Gasteiger partial charge in [-0.1, -0.05) is 47.5 Å². The van der Waals surface area contributed by atoms with Crippen LogP contribution in [0.2, 0.25) is 0 Å². The summed E-state index contributed by atoms with van der Waals surface area (Å²) < 4.78 is 0. The molecular weight excluding hydrogens is 516 g/mol. The molecule has 3 fully saturated rings. The van der Waals surface area contributed by atoms with E-state index in [0.717, 1.165) is 12.8 Å². The van der Waals surface area contributed by atoms with Gasteiger partial charge in [0.1, 0.15) is 17.6 Å². The number of primary amides is 1. The van der Waals surface area contributed by atoms with Crippen molar-refractivity contribution in [2.24, 2.45) is 34.3 Å². The van der Waals surface area contributed by atoms with Gasteiger partial charge in [0.05, 0.1) is 6.04 Å². The molecule has 0 bridgehead atoms. The van der Waals surface area contributed by atoms with E-state index in [4.69, 9.17) is 5.73 Å². The minimum absolute atomic E-state index is 0.0759. The van der Waals surface area contributed by atoms with E-state index in [2.05, 4.69) is 16.0 Å². The number of urea groups is 1. The molecule has 0 radical (unpaired) electrons. The average Bonchev–Trinajstić information content (AvgIpc) is 3.66. The Balaban J connectivity index is 1.82. The van der Waals surface area contributed by atoms with Crippen molar-refractivity contribution in [3.05, 3.63) is 0 Å². The van der Waals surface area contributed by atoms with E-state index in [1.54, 1.807) is 48.7 Å². The number of fused-ring (bicyclic) bond motifs is 1. The Kier molecular flexibility index (Phi) is 8.36. The third-order valence-electron chi connectivity index (χ3n) is 8.66. The Bertz CT molecular complexity index is 1090. The molecule has 0 aromatic carbocycles. The standard InChI is InChI=1S/C28H46N6O6/c1-26(2,3)20(31-25(40)32-28(6,7)24(39)33(8)9)23(38)34-13-15-17(27(15,4)5)18(34)22(37)30-16(12-14-10-11-14)19(35)21(29)36/h14-18,20H,10-13H2,1-9H3,(H2,29,36)(H,30,37)(H2,31,32,40)/t15-,16?,17-,18-,20+/m0/s1. The summed E-state index contributed by atoms with van der Waals surface area (Å²) in [6, 6.07) is -3.59. The number of nitrogens with two attached hydrogens (primary N) is 1. The van der Waals surface area contributed by atoms with Gasteiger partial charge in [0.15, 0.2) is 0 Å². The summed E-state index contributed by atoms with van der Waals surface area (Å²) in [5.74, 6) is -3.00. The predicted molar refractivity (Wildman–Crippen MR) is 147 cm³/mol. The number of nitrogens with zero attached hydrogens (tertiary/aromatic N) is 2. The van der Waals surface area contributed by atoms with Crippen LogP contribution in [0.3, 0.4) is 0 Å². The normalized spacial score (nSPS) is 24.7. The van der Waals surface area contributed by atoms with Gasteiger partial charge in [0, 0.05) is 20.6 Å². The first-order valence-electron chi connectivity index (χ1n) is 13.9. The SMILES string of the molecule is CN(C)C(=O)C(C)(C)NC(=O)N[C@H](C(=O)N1C[C@H]2[C@@H]([C@H]1C(=O)NC(CC1CC1)C(=O)C(N)=O)C2(C)C)C(C)(C)C. The largest absolute Gasteiger partial charge is 0.363 e. The molecule has 12 heteroatoms. The molecule has 1 unspecified atom stereocenters. The molecule has 0 aromatic rings. The van der Waals surface area contributed by atoms with Gasteiger partial charge < -0.3 is 31.5 Å². The van der Waals surface area contributed by atoms with Crippen LogP contribution >= 0.6 is 0 Å². The lowest BCUT2D eigenvalue weighted by Gasteiger charge is -2.38. The molecule has 224 valence electrons.